The maximum Gasteiger partial charge on any atom is 0.158 e. The van der Waals surface area contributed by atoms with E-state index in [2.05, 4.69) is 6.92 Å². The minimum absolute atomic E-state index is 0.0131. The summed E-state index contributed by atoms with van der Waals surface area (Å²) in [4.78, 5) is 0. The van der Waals surface area contributed by atoms with E-state index in [-0.39, 0.29) is 12.4 Å². The van der Waals surface area contributed by atoms with E-state index in [1.807, 2.05) is 6.92 Å². The molecule has 0 saturated carbocycles. The van der Waals surface area contributed by atoms with Gasteiger partial charge >= 0.3 is 0 Å². The van der Waals surface area contributed by atoms with E-state index >= 15 is 0 Å². The molecule has 2 aliphatic heterocycles. The van der Waals surface area contributed by atoms with Crippen molar-refractivity contribution in [2.75, 3.05) is 13.2 Å². The predicted octanol–water partition coefficient (Wildman–Crippen LogP) is 1.17. The SMILES string of the molecule is CCOC1C[C@@H](C)[C@H]([C@H]2CO2)O1. The van der Waals surface area contributed by atoms with Gasteiger partial charge in [-0.15, -0.1) is 0 Å². The van der Waals surface area contributed by atoms with Crippen LogP contribution in [-0.2, 0) is 14.2 Å². The summed E-state index contributed by atoms with van der Waals surface area (Å²) in [5, 5.41) is 0. The average molecular weight is 172 g/mol. The van der Waals surface area contributed by atoms with Crippen molar-refractivity contribution in [2.45, 2.75) is 38.8 Å². The Morgan fingerprint density at radius 1 is 1.50 bits per heavy atom. The summed E-state index contributed by atoms with van der Waals surface area (Å²) in [7, 11) is 0. The van der Waals surface area contributed by atoms with Crippen LogP contribution in [0.3, 0.4) is 0 Å². The molecule has 2 saturated heterocycles. The van der Waals surface area contributed by atoms with Crippen LogP contribution < -0.4 is 0 Å². The Morgan fingerprint density at radius 3 is 2.83 bits per heavy atom. The molecule has 0 aromatic rings. The van der Waals surface area contributed by atoms with Crippen molar-refractivity contribution in [2.24, 2.45) is 5.92 Å². The topological polar surface area (TPSA) is 31.0 Å². The fraction of sp³-hybridized carbons (Fsp3) is 1.00. The van der Waals surface area contributed by atoms with Gasteiger partial charge in [-0.2, -0.15) is 0 Å². The van der Waals surface area contributed by atoms with Crippen LogP contribution in [0.4, 0.5) is 0 Å². The Morgan fingerprint density at radius 2 is 2.25 bits per heavy atom. The van der Waals surface area contributed by atoms with Crippen LogP contribution in [-0.4, -0.2) is 31.7 Å². The van der Waals surface area contributed by atoms with E-state index in [9.17, 15) is 0 Å². The highest BCUT2D eigenvalue weighted by Crippen LogP contribution is 2.34. The highest BCUT2D eigenvalue weighted by Gasteiger charge is 2.43. The molecule has 0 aromatic carbocycles. The van der Waals surface area contributed by atoms with Crippen molar-refractivity contribution in [3.8, 4) is 0 Å². The second-order valence-corrected chi connectivity index (χ2v) is 3.57. The fourth-order valence-electron chi connectivity index (χ4n) is 1.80. The van der Waals surface area contributed by atoms with Crippen molar-refractivity contribution in [1.29, 1.82) is 0 Å². The summed E-state index contributed by atoms with van der Waals surface area (Å²) in [6.45, 7) is 5.80. The number of rotatable bonds is 3. The summed E-state index contributed by atoms with van der Waals surface area (Å²) in [6, 6.07) is 0. The molecule has 2 aliphatic rings. The minimum atomic E-state index is 0.0131. The average Bonchev–Trinajstić information content (AvgIpc) is 2.79. The van der Waals surface area contributed by atoms with Gasteiger partial charge in [-0.3, -0.25) is 0 Å². The molecule has 0 bridgehead atoms. The lowest BCUT2D eigenvalue weighted by Gasteiger charge is -2.12. The van der Waals surface area contributed by atoms with Crippen molar-refractivity contribution in [3.05, 3.63) is 0 Å². The molecule has 0 aliphatic carbocycles. The molecule has 2 heterocycles. The van der Waals surface area contributed by atoms with Gasteiger partial charge in [0.15, 0.2) is 6.29 Å². The lowest BCUT2D eigenvalue weighted by atomic mass is 10.0. The quantitative estimate of drug-likeness (QED) is 0.599. The van der Waals surface area contributed by atoms with Crippen molar-refractivity contribution in [3.63, 3.8) is 0 Å². The highest BCUT2D eigenvalue weighted by molar-refractivity contribution is 4.88. The maximum absolute atomic E-state index is 5.69. The Kier molecular flexibility index (Phi) is 2.35. The van der Waals surface area contributed by atoms with Crippen LogP contribution in [0.1, 0.15) is 20.3 Å². The molecule has 0 radical (unpaired) electrons. The Balaban J connectivity index is 1.84. The van der Waals surface area contributed by atoms with Gasteiger partial charge in [0.1, 0.15) is 6.10 Å². The zero-order valence-electron chi connectivity index (χ0n) is 7.66. The molecule has 0 N–H and O–H groups in total. The Labute approximate surface area is 73.0 Å². The third kappa shape index (κ3) is 1.63. The van der Waals surface area contributed by atoms with Crippen molar-refractivity contribution < 1.29 is 14.2 Å². The summed E-state index contributed by atoms with van der Waals surface area (Å²) in [6.07, 6.45) is 1.66. The van der Waals surface area contributed by atoms with E-state index in [1.54, 1.807) is 0 Å². The van der Waals surface area contributed by atoms with Gasteiger partial charge < -0.3 is 14.2 Å². The monoisotopic (exact) mass is 172 g/mol. The van der Waals surface area contributed by atoms with Gasteiger partial charge in [0.05, 0.1) is 12.7 Å². The first-order chi connectivity index (χ1) is 5.81. The lowest BCUT2D eigenvalue weighted by Crippen LogP contribution is -2.21. The van der Waals surface area contributed by atoms with E-state index in [1.165, 1.54) is 0 Å². The second-order valence-electron chi connectivity index (χ2n) is 3.57. The first kappa shape index (κ1) is 8.48. The maximum atomic E-state index is 5.69. The van der Waals surface area contributed by atoms with Gasteiger partial charge in [-0.05, 0) is 12.8 Å². The van der Waals surface area contributed by atoms with Crippen molar-refractivity contribution in [1.82, 2.24) is 0 Å². The zero-order chi connectivity index (χ0) is 8.55. The molecule has 0 spiro atoms. The molecular weight excluding hydrogens is 156 g/mol. The van der Waals surface area contributed by atoms with Gasteiger partial charge in [-0.1, -0.05) is 6.92 Å². The Hall–Kier alpha value is -0.120. The second kappa shape index (κ2) is 3.32. The summed E-state index contributed by atoms with van der Waals surface area (Å²) in [5.41, 5.74) is 0. The normalized spacial score (nSPS) is 46.5. The van der Waals surface area contributed by atoms with E-state index < -0.39 is 0 Å². The van der Waals surface area contributed by atoms with Crippen LogP contribution in [0.25, 0.3) is 0 Å². The van der Waals surface area contributed by atoms with Crippen LogP contribution in [0.15, 0.2) is 0 Å². The molecule has 12 heavy (non-hydrogen) atoms. The first-order valence-electron chi connectivity index (χ1n) is 4.70. The van der Waals surface area contributed by atoms with Crippen LogP contribution >= 0.6 is 0 Å². The number of hydrogen-bond acceptors (Lipinski definition) is 3. The Bertz CT molecular complexity index is 156. The molecule has 70 valence electrons. The summed E-state index contributed by atoms with van der Waals surface area (Å²) < 4.78 is 16.3. The lowest BCUT2D eigenvalue weighted by molar-refractivity contribution is -0.134. The molecule has 0 aromatic heterocycles. The van der Waals surface area contributed by atoms with E-state index in [0.717, 1.165) is 19.6 Å². The first-order valence-corrected chi connectivity index (χ1v) is 4.70. The summed E-state index contributed by atoms with van der Waals surface area (Å²) in [5.74, 6) is 0.578. The van der Waals surface area contributed by atoms with Crippen LogP contribution in [0.2, 0.25) is 0 Å². The van der Waals surface area contributed by atoms with Crippen LogP contribution in [0.5, 0.6) is 0 Å². The predicted molar refractivity (Wildman–Crippen MR) is 43.8 cm³/mol. The van der Waals surface area contributed by atoms with E-state index in [0.29, 0.717) is 12.0 Å². The molecule has 2 rings (SSSR count). The minimum Gasteiger partial charge on any atom is -0.370 e. The molecule has 0 amide bonds. The van der Waals surface area contributed by atoms with Crippen molar-refractivity contribution >= 4 is 0 Å². The smallest absolute Gasteiger partial charge is 0.158 e. The molecule has 4 atom stereocenters. The standard InChI is InChI=1S/C9H16O3/c1-3-10-8-4-6(2)9(12-8)7-5-11-7/h6-9H,3-5H2,1-2H3/t6-,7-,8?,9-/m1/s1. The molecule has 3 nitrogen and oxygen atoms in total. The highest BCUT2D eigenvalue weighted by atomic mass is 16.7. The third-order valence-corrected chi connectivity index (χ3v) is 2.51. The number of hydrogen-bond donors (Lipinski definition) is 0. The zero-order valence-corrected chi connectivity index (χ0v) is 7.66. The van der Waals surface area contributed by atoms with Gasteiger partial charge in [0.2, 0.25) is 0 Å². The molecular formula is C9H16O3. The van der Waals surface area contributed by atoms with Gasteiger partial charge in [-0.25, -0.2) is 0 Å². The van der Waals surface area contributed by atoms with Gasteiger partial charge in [0.25, 0.3) is 0 Å². The molecule has 3 heteroatoms. The molecule has 2 fully saturated rings. The fourth-order valence-corrected chi connectivity index (χ4v) is 1.80. The van der Waals surface area contributed by atoms with Gasteiger partial charge in [0, 0.05) is 13.0 Å². The number of ether oxygens (including phenoxy) is 3. The largest absolute Gasteiger partial charge is 0.370 e. The summed E-state index contributed by atoms with van der Waals surface area (Å²) >= 11 is 0. The van der Waals surface area contributed by atoms with E-state index in [4.69, 9.17) is 14.2 Å². The number of epoxide rings is 1. The molecule has 1 unspecified atom stereocenters. The third-order valence-electron chi connectivity index (χ3n) is 2.51. The van der Waals surface area contributed by atoms with Crippen LogP contribution in [0, 0.1) is 5.92 Å².